The van der Waals surface area contributed by atoms with Gasteiger partial charge < -0.3 is 4.57 Å². The van der Waals surface area contributed by atoms with Crippen LogP contribution in [0.2, 0.25) is 0 Å². The number of hydrogen-bond acceptors (Lipinski definition) is 4. The van der Waals surface area contributed by atoms with Gasteiger partial charge >= 0.3 is 0 Å². The zero-order valence-corrected chi connectivity index (χ0v) is 14.4. The van der Waals surface area contributed by atoms with Gasteiger partial charge in [0.1, 0.15) is 0 Å². The third-order valence-corrected chi connectivity index (χ3v) is 4.09. The van der Waals surface area contributed by atoms with E-state index in [1.54, 1.807) is 26.1 Å². The summed E-state index contributed by atoms with van der Waals surface area (Å²) in [6.07, 6.45) is 3.08. The molecule has 0 atom stereocenters. The van der Waals surface area contributed by atoms with Gasteiger partial charge in [0, 0.05) is 22.4 Å². The highest BCUT2D eigenvalue weighted by Crippen LogP contribution is 2.24. The second kappa shape index (κ2) is 6.07. The summed E-state index contributed by atoms with van der Waals surface area (Å²) in [5.74, 6) is 0. The number of nitrogens with zero attached hydrogens (tertiary/aromatic N) is 3. The summed E-state index contributed by atoms with van der Waals surface area (Å²) in [7, 11) is 0. The topological polar surface area (TPSA) is 78.0 Å². The van der Waals surface area contributed by atoms with Crippen LogP contribution in [0.15, 0.2) is 32.2 Å². The first kappa shape index (κ1) is 15.8. The molecule has 0 amide bonds. The van der Waals surface area contributed by atoms with Crippen molar-refractivity contribution < 1.29 is 4.92 Å². The van der Waals surface area contributed by atoms with E-state index in [2.05, 4.69) is 36.8 Å². The second-order valence-electron chi connectivity index (χ2n) is 4.56. The van der Waals surface area contributed by atoms with Crippen molar-refractivity contribution in [2.75, 3.05) is 0 Å². The first-order valence-electron chi connectivity index (χ1n) is 5.96. The van der Waals surface area contributed by atoms with Gasteiger partial charge in [0.25, 0.3) is 11.2 Å². The maximum Gasteiger partial charge on any atom is 0.278 e. The van der Waals surface area contributed by atoms with Gasteiger partial charge in [-0.2, -0.15) is 0 Å². The Morgan fingerprint density at radius 2 is 2.05 bits per heavy atom. The van der Waals surface area contributed by atoms with Crippen LogP contribution in [0.4, 0.5) is 5.69 Å². The van der Waals surface area contributed by atoms with Crippen molar-refractivity contribution in [3.63, 3.8) is 0 Å². The van der Waals surface area contributed by atoms with Gasteiger partial charge in [-0.15, -0.1) is 0 Å². The van der Waals surface area contributed by atoms with Gasteiger partial charge in [0.2, 0.25) is 0 Å². The minimum atomic E-state index is -0.421. The molecule has 0 spiro atoms. The number of nitro groups is 1. The Morgan fingerprint density at radius 1 is 1.38 bits per heavy atom. The maximum absolute atomic E-state index is 12.1. The fourth-order valence-corrected chi connectivity index (χ4v) is 3.31. The van der Waals surface area contributed by atoms with Crippen LogP contribution in [0.1, 0.15) is 16.8 Å². The van der Waals surface area contributed by atoms with E-state index in [1.165, 1.54) is 10.8 Å². The summed E-state index contributed by atoms with van der Waals surface area (Å²) in [4.78, 5) is 27.0. The molecule has 2 aromatic rings. The van der Waals surface area contributed by atoms with E-state index in [1.807, 2.05) is 0 Å². The lowest BCUT2D eigenvalue weighted by molar-refractivity contribution is -0.386. The van der Waals surface area contributed by atoms with Crippen molar-refractivity contribution in [2.24, 2.45) is 0 Å². The second-order valence-corrected chi connectivity index (χ2v) is 6.33. The van der Waals surface area contributed by atoms with Crippen LogP contribution >= 0.6 is 31.9 Å². The average Bonchev–Trinajstić information content (AvgIpc) is 2.38. The Kier molecular flexibility index (Phi) is 4.58. The molecule has 0 fully saturated rings. The van der Waals surface area contributed by atoms with Crippen LogP contribution in [-0.4, -0.2) is 14.5 Å². The molecule has 0 N–H and O–H groups in total. The molecule has 0 unspecified atom stereocenters. The fourth-order valence-electron chi connectivity index (χ4n) is 2.05. The molecule has 2 heterocycles. The summed E-state index contributed by atoms with van der Waals surface area (Å²) in [5, 5.41) is 11.1. The van der Waals surface area contributed by atoms with Gasteiger partial charge in [-0.25, -0.2) is 0 Å². The molecule has 0 radical (unpaired) electrons. The Morgan fingerprint density at radius 3 is 2.67 bits per heavy atom. The van der Waals surface area contributed by atoms with Gasteiger partial charge in [0.15, 0.2) is 0 Å². The molecule has 6 nitrogen and oxygen atoms in total. The first-order valence-corrected chi connectivity index (χ1v) is 7.54. The van der Waals surface area contributed by atoms with E-state index >= 15 is 0 Å². The number of rotatable bonds is 3. The number of pyridine rings is 2. The summed E-state index contributed by atoms with van der Waals surface area (Å²) in [5.41, 5.74) is 1.30. The monoisotopic (exact) mass is 415 g/mol. The van der Waals surface area contributed by atoms with Gasteiger partial charge in [-0.3, -0.25) is 19.9 Å². The molecule has 0 aliphatic rings. The summed E-state index contributed by atoms with van der Waals surface area (Å²) in [6.45, 7) is 3.46. The zero-order valence-electron chi connectivity index (χ0n) is 11.3. The summed E-state index contributed by atoms with van der Waals surface area (Å²) < 4.78 is 2.59. The summed E-state index contributed by atoms with van der Waals surface area (Å²) >= 11 is 6.50. The molecule has 110 valence electrons. The standard InChI is InChI=1S/C13H11Br2N3O3/c1-7-4-16-11(8(2)12(7)18(20)21)6-17-5-9(14)3-10(15)13(17)19/h3-5H,6H2,1-2H3. The number of aryl methyl sites for hydroxylation is 1. The van der Waals surface area contributed by atoms with Crippen molar-refractivity contribution in [1.29, 1.82) is 0 Å². The van der Waals surface area contributed by atoms with Crippen LogP contribution in [0.25, 0.3) is 0 Å². The highest BCUT2D eigenvalue weighted by atomic mass is 79.9. The molecule has 0 saturated heterocycles. The lowest BCUT2D eigenvalue weighted by Gasteiger charge is -2.10. The normalized spacial score (nSPS) is 10.7. The Labute approximate surface area is 137 Å². The van der Waals surface area contributed by atoms with E-state index in [4.69, 9.17) is 0 Å². The third kappa shape index (κ3) is 3.21. The van der Waals surface area contributed by atoms with E-state index in [-0.39, 0.29) is 17.8 Å². The zero-order chi connectivity index (χ0) is 15.7. The van der Waals surface area contributed by atoms with Crippen LogP contribution in [0.3, 0.4) is 0 Å². The Bertz CT molecular complexity index is 787. The highest BCUT2D eigenvalue weighted by Gasteiger charge is 2.19. The third-order valence-electron chi connectivity index (χ3n) is 3.09. The minimum absolute atomic E-state index is 0.0436. The molecular formula is C13H11Br2N3O3. The fraction of sp³-hybridized carbons (Fsp3) is 0.231. The van der Waals surface area contributed by atoms with Crippen LogP contribution in [-0.2, 0) is 6.54 Å². The minimum Gasteiger partial charge on any atom is -0.307 e. The average molecular weight is 417 g/mol. The predicted molar refractivity (Wildman–Crippen MR) is 85.6 cm³/mol. The molecule has 0 saturated carbocycles. The van der Waals surface area contributed by atoms with Crippen molar-refractivity contribution in [2.45, 2.75) is 20.4 Å². The predicted octanol–water partition coefficient (Wildman–Crippen LogP) is 3.34. The van der Waals surface area contributed by atoms with Crippen LogP contribution < -0.4 is 5.56 Å². The SMILES string of the molecule is Cc1cnc(Cn2cc(Br)cc(Br)c2=O)c(C)c1[N+](=O)[O-]. The van der Waals surface area contributed by atoms with Crippen LogP contribution in [0.5, 0.6) is 0 Å². The van der Waals surface area contributed by atoms with E-state index in [9.17, 15) is 14.9 Å². The van der Waals surface area contributed by atoms with Gasteiger partial charge in [0.05, 0.1) is 27.2 Å². The van der Waals surface area contributed by atoms with Crippen LogP contribution in [0, 0.1) is 24.0 Å². The first-order chi connectivity index (χ1) is 9.81. The highest BCUT2D eigenvalue weighted by molar-refractivity contribution is 9.11. The lowest BCUT2D eigenvalue weighted by Crippen LogP contribution is -2.22. The molecule has 0 aliphatic heterocycles. The summed E-state index contributed by atoms with van der Waals surface area (Å²) in [6, 6.07) is 1.65. The molecular weight excluding hydrogens is 406 g/mol. The molecule has 2 rings (SSSR count). The molecule has 8 heteroatoms. The quantitative estimate of drug-likeness (QED) is 0.567. The Balaban J connectivity index is 2.53. The lowest BCUT2D eigenvalue weighted by atomic mass is 10.1. The van der Waals surface area contributed by atoms with Crippen molar-refractivity contribution >= 4 is 37.5 Å². The number of aromatic nitrogens is 2. The van der Waals surface area contributed by atoms with Crippen molar-refractivity contribution in [3.05, 3.63) is 64.7 Å². The number of halogens is 2. The number of hydrogen-bond donors (Lipinski definition) is 0. The van der Waals surface area contributed by atoms with Gasteiger partial charge in [-0.1, -0.05) is 0 Å². The van der Waals surface area contributed by atoms with Gasteiger partial charge in [-0.05, 0) is 51.8 Å². The molecule has 0 bridgehead atoms. The van der Waals surface area contributed by atoms with E-state index in [0.717, 1.165) is 4.47 Å². The largest absolute Gasteiger partial charge is 0.307 e. The van der Waals surface area contributed by atoms with Crippen molar-refractivity contribution in [1.82, 2.24) is 9.55 Å². The van der Waals surface area contributed by atoms with E-state index in [0.29, 0.717) is 21.3 Å². The Hall–Kier alpha value is -1.54. The van der Waals surface area contributed by atoms with Crippen molar-refractivity contribution in [3.8, 4) is 0 Å². The smallest absolute Gasteiger partial charge is 0.278 e. The molecule has 0 aromatic carbocycles. The molecule has 2 aromatic heterocycles. The molecule has 21 heavy (non-hydrogen) atoms. The maximum atomic E-state index is 12.1. The van der Waals surface area contributed by atoms with E-state index < -0.39 is 4.92 Å². The molecule has 0 aliphatic carbocycles.